The van der Waals surface area contributed by atoms with Crippen molar-refractivity contribution >= 4 is 30.1 Å². The van der Waals surface area contributed by atoms with Crippen molar-refractivity contribution < 1.29 is 34.1 Å². The molecule has 4 N–H and O–H groups in total. The molecule has 0 amide bonds. The summed E-state index contributed by atoms with van der Waals surface area (Å²) >= 11 is 0. The maximum atomic E-state index is 13.2. The molecule has 36 heavy (non-hydrogen) atoms. The Labute approximate surface area is 219 Å². The normalized spacial score (nSPS) is 39.1. The smallest absolute Gasteiger partial charge is 0.434 e. The molecule has 4 aliphatic rings. The summed E-state index contributed by atoms with van der Waals surface area (Å²) < 4.78 is 10.1. The number of carbonyl (C=O) groups is 3. The zero-order valence-electron chi connectivity index (χ0n) is 21.5. The lowest BCUT2D eigenvalue weighted by atomic mass is 9.45. The van der Waals surface area contributed by atoms with Gasteiger partial charge in [0.25, 0.3) is 0 Å². The summed E-state index contributed by atoms with van der Waals surface area (Å²) in [6, 6.07) is 0. The predicted molar refractivity (Wildman–Crippen MR) is 136 cm³/mol. The fourth-order valence-corrected chi connectivity index (χ4v) is 8.01. The first-order valence-electron chi connectivity index (χ1n) is 13.2. The number of hydrogen-bond acceptors (Lipinski definition) is 8. The van der Waals surface area contributed by atoms with Crippen LogP contribution in [0, 0.1) is 28.6 Å². The number of ether oxygens (including phenoxy) is 2. The minimum atomic E-state index is -1.66. The van der Waals surface area contributed by atoms with E-state index in [-0.39, 0.29) is 48.0 Å². The van der Waals surface area contributed by atoms with E-state index in [0.717, 1.165) is 37.7 Å². The maximum absolute atomic E-state index is 13.2. The summed E-state index contributed by atoms with van der Waals surface area (Å²) in [7, 11) is 0. The Morgan fingerprint density at radius 3 is 2.58 bits per heavy atom. The molecule has 0 radical (unpaired) electrons. The molecule has 8 nitrogen and oxygen atoms in total. The molecule has 0 aromatic heterocycles. The molecule has 4 aliphatic carbocycles. The molecular formula is C27H42ClNO7. The molecular weight excluding hydrogens is 486 g/mol. The van der Waals surface area contributed by atoms with Crippen LogP contribution in [-0.4, -0.2) is 59.4 Å². The van der Waals surface area contributed by atoms with Crippen molar-refractivity contribution in [3.8, 4) is 0 Å². The first-order chi connectivity index (χ1) is 16.6. The topological polar surface area (TPSA) is 136 Å². The highest BCUT2D eigenvalue weighted by atomic mass is 35.5. The number of rotatable bonds is 8. The van der Waals surface area contributed by atoms with Gasteiger partial charge < -0.3 is 25.4 Å². The fourth-order valence-electron chi connectivity index (χ4n) is 8.01. The molecule has 4 rings (SSSR count). The highest BCUT2D eigenvalue weighted by Gasteiger charge is 2.68. The van der Waals surface area contributed by atoms with E-state index in [0.29, 0.717) is 38.6 Å². The molecule has 0 aromatic carbocycles. The largest absolute Gasteiger partial charge is 0.508 e. The van der Waals surface area contributed by atoms with Crippen molar-refractivity contribution in [1.29, 1.82) is 0 Å². The lowest BCUT2D eigenvalue weighted by Gasteiger charge is -2.60. The molecule has 0 heterocycles. The Balaban J connectivity index is 0.00000361. The van der Waals surface area contributed by atoms with Gasteiger partial charge in [-0.3, -0.25) is 9.59 Å². The average Bonchev–Trinajstić information content (AvgIpc) is 3.08. The van der Waals surface area contributed by atoms with Crippen molar-refractivity contribution in [2.24, 2.45) is 34.3 Å². The van der Waals surface area contributed by atoms with E-state index in [1.54, 1.807) is 6.08 Å². The van der Waals surface area contributed by atoms with Crippen LogP contribution >= 0.6 is 12.4 Å². The van der Waals surface area contributed by atoms with Gasteiger partial charge in [-0.25, -0.2) is 4.79 Å². The summed E-state index contributed by atoms with van der Waals surface area (Å²) in [5, 5.41) is 23.1. The molecule has 0 aromatic rings. The minimum absolute atomic E-state index is 0. The van der Waals surface area contributed by atoms with E-state index >= 15 is 0 Å². The van der Waals surface area contributed by atoms with E-state index in [9.17, 15) is 24.6 Å². The van der Waals surface area contributed by atoms with Gasteiger partial charge in [-0.15, -0.1) is 12.4 Å². The van der Waals surface area contributed by atoms with E-state index in [2.05, 4.69) is 6.92 Å². The van der Waals surface area contributed by atoms with Crippen LogP contribution in [0.25, 0.3) is 0 Å². The molecule has 0 spiro atoms. The standard InChI is InChI=1S/C27H41NO7.ClH/c1-25-10-8-18(29)14-17(25)6-7-19-20-9-11-27(33,26(20,2)15-21(30)23(19)25)22(31)16-35-24(32)34-13-5-3-4-12-28;/h14,19-21,23,30,33H,3-13,15-16,28H2,1-2H3;1H/t19-,20-,21-,23+,25?,26-,27-;/m0./s1. The third-order valence-corrected chi connectivity index (χ3v) is 9.90. The number of aliphatic hydroxyl groups is 2. The van der Waals surface area contributed by atoms with Gasteiger partial charge in [0.15, 0.2) is 12.4 Å². The average molecular weight is 528 g/mol. The minimum Gasteiger partial charge on any atom is -0.434 e. The summed E-state index contributed by atoms with van der Waals surface area (Å²) in [6.45, 7) is 4.33. The van der Waals surface area contributed by atoms with Gasteiger partial charge in [-0.05, 0) is 93.6 Å². The molecule has 7 atom stereocenters. The maximum Gasteiger partial charge on any atom is 0.508 e. The lowest BCUT2D eigenvalue weighted by molar-refractivity contribution is -0.182. The van der Waals surface area contributed by atoms with Crippen LogP contribution in [-0.2, 0) is 19.1 Å². The number of allylic oxidation sites excluding steroid dienone is 1. The number of aliphatic hydroxyl groups excluding tert-OH is 1. The van der Waals surface area contributed by atoms with Crippen molar-refractivity contribution in [2.45, 2.75) is 89.8 Å². The first kappa shape index (κ1) is 29.1. The highest BCUT2D eigenvalue weighted by Crippen LogP contribution is 2.67. The second kappa shape index (κ2) is 11.1. The van der Waals surface area contributed by atoms with Crippen molar-refractivity contribution in [1.82, 2.24) is 0 Å². The van der Waals surface area contributed by atoms with E-state index in [1.807, 2.05) is 6.92 Å². The zero-order chi connectivity index (χ0) is 25.4. The summed E-state index contributed by atoms with van der Waals surface area (Å²) in [5.74, 6) is -0.104. The Hall–Kier alpha value is -1.48. The Kier molecular flexibility index (Phi) is 8.96. The van der Waals surface area contributed by atoms with Gasteiger partial charge in [0.05, 0.1) is 12.7 Å². The molecule has 204 valence electrons. The number of unbranched alkanes of at least 4 members (excludes halogenated alkanes) is 2. The van der Waals surface area contributed by atoms with Crippen LogP contribution in [0.15, 0.2) is 11.6 Å². The fraction of sp³-hybridized carbons (Fsp3) is 0.815. The molecule has 1 unspecified atom stereocenters. The van der Waals surface area contributed by atoms with Gasteiger partial charge in [0.1, 0.15) is 5.60 Å². The van der Waals surface area contributed by atoms with Crippen molar-refractivity contribution in [2.75, 3.05) is 19.8 Å². The third kappa shape index (κ3) is 4.86. The van der Waals surface area contributed by atoms with Crippen molar-refractivity contribution in [3.63, 3.8) is 0 Å². The van der Waals surface area contributed by atoms with Crippen LogP contribution in [0.1, 0.15) is 78.1 Å². The van der Waals surface area contributed by atoms with Crippen molar-refractivity contribution in [3.05, 3.63) is 11.6 Å². The second-order valence-electron chi connectivity index (χ2n) is 11.6. The van der Waals surface area contributed by atoms with Gasteiger partial charge in [0, 0.05) is 11.8 Å². The zero-order valence-corrected chi connectivity index (χ0v) is 22.3. The summed E-state index contributed by atoms with van der Waals surface area (Å²) in [6.07, 6.45) is 6.76. The highest BCUT2D eigenvalue weighted by molar-refractivity contribution is 5.92. The van der Waals surface area contributed by atoms with E-state index in [4.69, 9.17) is 15.2 Å². The van der Waals surface area contributed by atoms with Crippen LogP contribution < -0.4 is 5.73 Å². The molecule has 3 saturated carbocycles. The number of hydrogen-bond donors (Lipinski definition) is 3. The number of fused-ring (bicyclic) bond motifs is 5. The van der Waals surface area contributed by atoms with Crippen LogP contribution in [0.3, 0.4) is 0 Å². The predicted octanol–water partition coefficient (Wildman–Crippen LogP) is 3.49. The number of halogens is 1. The summed E-state index contributed by atoms with van der Waals surface area (Å²) in [5.41, 5.74) is 3.90. The Bertz CT molecular complexity index is 893. The quantitative estimate of drug-likeness (QED) is 0.322. The lowest BCUT2D eigenvalue weighted by Crippen LogP contribution is -2.62. The first-order valence-corrected chi connectivity index (χ1v) is 13.2. The SMILES string of the molecule is CC12CCC(=O)C=C1CC[C@@H]1[C@@H]2[C@@H](O)C[C@@]2(C)[C@H]1CC[C@]2(O)C(=O)COC(=O)OCCCCCN.Cl. The summed E-state index contributed by atoms with van der Waals surface area (Å²) in [4.78, 5) is 37.2. The molecule has 9 heteroatoms. The number of ketones is 2. The second-order valence-corrected chi connectivity index (χ2v) is 11.6. The van der Waals surface area contributed by atoms with Gasteiger partial charge >= 0.3 is 6.16 Å². The van der Waals surface area contributed by atoms with Gasteiger partial charge in [-0.2, -0.15) is 0 Å². The molecule has 3 fully saturated rings. The van der Waals surface area contributed by atoms with E-state index < -0.39 is 35.7 Å². The number of carbonyl (C=O) groups excluding carboxylic acids is 3. The van der Waals surface area contributed by atoms with Gasteiger partial charge in [-0.1, -0.05) is 19.4 Å². The Morgan fingerprint density at radius 1 is 1.11 bits per heavy atom. The van der Waals surface area contributed by atoms with Crippen LogP contribution in [0.5, 0.6) is 0 Å². The van der Waals surface area contributed by atoms with E-state index in [1.165, 1.54) is 0 Å². The molecule has 0 bridgehead atoms. The third-order valence-electron chi connectivity index (χ3n) is 9.90. The number of nitrogens with two attached hydrogens (primary N) is 1. The van der Waals surface area contributed by atoms with Gasteiger partial charge in [0.2, 0.25) is 5.78 Å². The monoisotopic (exact) mass is 527 g/mol. The molecule has 0 saturated heterocycles. The van der Waals surface area contributed by atoms with Crippen LogP contribution in [0.2, 0.25) is 0 Å². The number of Topliss-reactive ketones (excluding diaryl/α,β-unsaturated/α-hetero) is 1. The Morgan fingerprint density at radius 2 is 1.86 bits per heavy atom. The molecule has 0 aliphatic heterocycles. The van der Waals surface area contributed by atoms with Crippen LogP contribution in [0.4, 0.5) is 4.79 Å².